The quantitative estimate of drug-likeness (QED) is 0.740. The molecule has 6 nitrogen and oxygen atoms in total. The summed E-state index contributed by atoms with van der Waals surface area (Å²) in [6.45, 7) is 5.81. The third-order valence-corrected chi connectivity index (χ3v) is 4.83. The number of hydrogen-bond acceptors (Lipinski definition) is 6. The maximum atomic E-state index is 6.03. The molecule has 0 atom stereocenters. The van der Waals surface area contributed by atoms with Crippen molar-refractivity contribution in [3.8, 4) is 0 Å². The molecule has 1 aromatic heterocycles. The molecule has 2 aromatic carbocycles. The van der Waals surface area contributed by atoms with Crippen molar-refractivity contribution < 1.29 is 0 Å². The Morgan fingerprint density at radius 3 is 2.52 bits per heavy atom. The van der Waals surface area contributed by atoms with Gasteiger partial charge in [0.15, 0.2) is 5.82 Å². The Labute approximate surface area is 163 Å². The molecule has 1 N–H and O–H groups in total. The fourth-order valence-corrected chi connectivity index (χ4v) is 3.40. The summed E-state index contributed by atoms with van der Waals surface area (Å²) in [5.74, 6) is 1.30. The van der Waals surface area contributed by atoms with Crippen LogP contribution in [-0.4, -0.2) is 41.4 Å². The van der Waals surface area contributed by atoms with Gasteiger partial charge in [0.05, 0.1) is 6.20 Å². The highest BCUT2D eigenvalue weighted by Gasteiger charge is 2.19. The first kappa shape index (κ1) is 17.5. The number of aryl methyl sites for hydroxylation is 1. The number of nitrogens with one attached hydrogen (secondary N) is 1. The zero-order valence-corrected chi connectivity index (χ0v) is 15.9. The van der Waals surface area contributed by atoms with E-state index in [9.17, 15) is 0 Å². The second-order valence-corrected chi connectivity index (χ2v) is 7.02. The zero-order chi connectivity index (χ0) is 18.6. The van der Waals surface area contributed by atoms with Gasteiger partial charge < -0.3 is 15.1 Å². The summed E-state index contributed by atoms with van der Waals surface area (Å²) >= 11 is 6.03. The van der Waals surface area contributed by atoms with Crippen LogP contribution in [0.3, 0.4) is 0 Å². The third-order valence-electron chi connectivity index (χ3n) is 4.60. The van der Waals surface area contributed by atoms with Gasteiger partial charge in [-0.15, -0.1) is 5.10 Å². The fourth-order valence-electron chi connectivity index (χ4n) is 3.21. The Morgan fingerprint density at radius 1 is 0.963 bits per heavy atom. The number of benzene rings is 2. The third kappa shape index (κ3) is 4.28. The molecule has 0 aliphatic carbocycles. The van der Waals surface area contributed by atoms with Crippen LogP contribution in [0, 0.1) is 6.92 Å². The lowest BCUT2D eigenvalue weighted by molar-refractivity contribution is 0.644. The van der Waals surface area contributed by atoms with E-state index in [1.807, 2.05) is 24.3 Å². The second-order valence-electron chi connectivity index (χ2n) is 6.59. The molecule has 0 spiro atoms. The Hall–Kier alpha value is -2.86. The molecule has 1 saturated heterocycles. The minimum Gasteiger partial charge on any atom is -0.368 e. The average molecular weight is 381 g/mol. The van der Waals surface area contributed by atoms with Crippen molar-refractivity contribution >= 4 is 34.7 Å². The van der Waals surface area contributed by atoms with Crippen LogP contribution in [-0.2, 0) is 0 Å². The lowest BCUT2D eigenvalue weighted by Gasteiger charge is -2.36. The predicted octanol–water partition coefficient (Wildman–Crippen LogP) is 3.90. The number of rotatable bonds is 4. The molecule has 3 aromatic rings. The molecule has 0 bridgehead atoms. The molecule has 138 valence electrons. The van der Waals surface area contributed by atoms with Gasteiger partial charge in [-0.3, -0.25) is 0 Å². The Kier molecular flexibility index (Phi) is 5.07. The topological polar surface area (TPSA) is 57.2 Å². The fraction of sp³-hybridized carbons (Fsp3) is 0.250. The van der Waals surface area contributed by atoms with Gasteiger partial charge in [-0.1, -0.05) is 29.8 Å². The van der Waals surface area contributed by atoms with Crippen LogP contribution < -0.4 is 15.1 Å². The Balaban J connectivity index is 1.42. The van der Waals surface area contributed by atoms with Gasteiger partial charge in [0.2, 0.25) is 5.95 Å². The monoisotopic (exact) mass is 380 g/mol. The van der Waals surface area contributed by atoms with Crippen LogP contribution in [0.15, 0.2) is 54.7 Å². The first-order chi connectivity index (χ1) is 13.2. The molecular weight excluding hydrogens is 360 g/mol. The molecule has 0 amide bonds. The average Bonchev–Trinajstić information content (AvgIpc) is 2.68. The van der Waals surface area contributed by atoms with Crippen LogP contribution in [0.4, 0.5) is 23.1 Å². The van der Waals surface area contributed by atoms with Crippen molar-refractivity contribution in [3.05, 3.63) is 65.3 Å². The molecule has 0 radical (unpaired) electrons. The summed E-state index contributed by atoms with van der Waals surface area (Å²) in [6, 6.07) is 16.1. The minimum absolute atomic E-state index is 0.468. The Morgan fingerprint density at radius 2 is 1.74 bits per heavy atom. The van der Waals surface area contributed by atoms with E-state index in [2.05, 4.69) is 61.5 Å². The number of piperazine rings is 1. The lowest BCUT2D eigenvalue weighted by atomic mass is 10.2. The van der Waals surface area contributed by atoms with E-state index in [-0.39, 0.29) is 0 Å². The van der Waals surface area contributed by atoms with Crippen LogP contribution in [0.5, 0.6) is 0 Å². The highest BCUT2D eigenvalue weighted by Crippen LogP contribution is 2.22. The number of nitrogens with zero attached hydrogens (tertiary/aromatic N) is 5. The second kappa shape index (κ2) is 7.80. The molecule has 4 rings (SSSR count). The lowest BCUT2D eigenvalue weighted by Crippen LogP contribution is -2.47. The van der Waals surface area contributed by atoms with Crippen LogP contribution in [0.1, 0.15) is 5.56 Å². The number of aromatic nitrogens is 3. The van der Waals surface area contributed by atoms with E-state index in [0.717, 1.165) is 37.7 Å². The SMILES string of the molecule is Cc1cccc(N2CCN(c3cnnc(Nc4cccc(Cl)c4)n3)CC2)c1. The molecule has 0 saturated carbocycles. The zero-order valence-electron chi connectivity index (χ0n) is 15.1. The largest absolute Gasteiger partial charge is 0.368 e. The van der Waals surface area contributed by atoms with Crippen molar-refractivity contribution in [3.63, 3.8) is 0 Å². The van der Waals surface area contributed by atoms with E-state index in [1.54, 1.807) is 6.20 Å². The maximum Gasteiger partial charge on any atom is 0.249 e. The van der Waals surface area contributed by atoms with Crippen molar-refractivity contribution in [2.45, 2.75) is 6.92 Å². The molecule has 7 heteroatoms. The smallest absolute Gasteiger partial charge is 0.249 e. The number of hydrogen-bond donors (Lipinski definition) is 1. The van der Waals surface area contributed by atoms with Crippen LogP contribution in [0.2, 0.25) is 5.02 Å². The standard InChI is InChI=1S/C20H21ClN6/c1-15-4-2-7-18(12-15)26-8-10-27(11-9-26)19-14-22-25-20(24-19)23-17-6-3-5-16(21)13-17/h2-7,12-14H,8-11H2,1H3,(H,23,24,25). The van der Waals surface area contributed by atoms with Gasteiger partial charge in [0.1, 0.15) is 0 Å². The first-order valence-corrected chi connectivity index (χ1v) is 9.34. The van der Waals surface area contributed by atoms with E-state index in [4.69, 9.17) is 11.6 Å². The molecule has 2 heterocycles. The maximum absolute atomic E-state index is 6.03. The minimum atomic E-state index is 0.468. The van der Waals surface area contributed by atoms with Gasteiger partial charge in [-0.05, 0) is 42.8 Å². The molecule has 1 fully saturated rings. The molecule has 27 heavy (non-hydrogen) atoms. The van der Waals surface area contributed by atoms with Crippen molar-refractivity contribution in [1.82, 2.24) is 15.2 Å². The van der Waals surface area contributed by atoms with Gasteiger partial charge >= 0.3 is 0 Å². The predicted molar refractivity (Wildman–Crippen MR) is 110 cm³/mol. The van der Waals surface area contributed by atoms with Crippen molar-refractivity contribution in [1.29, 1.82) is 0 Å². The summed E-state index contributed by atoms with van der Waals surface area (Å²) in [5.41, 5.74) is 3.40. The summed E-state index contributed by atoms with van der Waals surface area (Å²) in [7, 11) is 0. The molecule has 1 aliphatic rings. The highest BCUT2D eigenvalue weighted by atomic mass is 35.5. The van der Waals surface area contributed by atoms with E-state index in [0.29, 0.717) is 11.0 Å². The number of halogens is 1. The summed E-state index contributed by atoms with van der Waals surface area (Å²) in [6.07, 6.45) is 1.71. The first-order valence-electron chi connectivity index (χ1n) is 8.96. The highest BCUT2D eigenvalue weighted by molar-refractivity contribution is 6.30. The van der Waals surface area contributed by atoms with Gasteiger partial charge in [0, 0.05) is 42.6 Å². The molecule has 0 unspecified atom stereocenters. The van der Waals surface area contributed by atoms with E-state index >= 15 is 0 Å². The van der Waals surface area contributed by atoms with Gasteiger partial charge in [0.25, 0.3) is 0 Å². The summed E-state index contributed by atoms with van der Waals surface area (Å²) < 4.78 is 0. The van der Waals surface area contributed by atoms with Crippen molar-refractivity contribution in [2.75, 3.05) is 41.3 Å². The van der Waals surface area contributed by atoms with E-state index < -0.39 is 0 Å². The van der Waals surface area contributed by atoms with Crippen LogP contribution >= 0.6 is 11.6 Å². The van der Waals surface area contributed by atoms with Gasteiger partial charge in [-0.2, -0.15) is 10.1 Å². The normalized spacial score (nSPS) is 14.3. The summed E-state index contributed by atoms with van der Waals surface area (Å²) in [4.78, 5) is 9.26. The Bertz CT molecular complexity index is 924. The molecule has 1 aliphatic heterocycles. The van der Waals surface area contributed by atoms with Crippen molar-refractivity contribution in [2.24, 2.45) is 0 Å². The summed E-state index contributed by atoms with van der Waals surface area (Å²) in [5, 5.41) is 12.0. The van der Waals surface area contributed by atoms with Gasteiger partial charge in [-0.25, -0.2) is 0 Å². The van der Waals surface area contributed by atoms with E-state index in [1.165, 1.54) is 11.3 Å². The van der Waals surface area contributed by atoms with Crippen LogP contribution in [0.25, 0.3) is 0 Å². The molecular formula is C20H21ClN6. The number of anilines is 4.